The van der Waals surface area contributed by atoms with E-state index in [1.165, 1.54) is 43.0 Å². The molecule has 0 fully saturated rings. The summed E-state index contributed by atoms with van der Waals surface area (Å²) < 4.78 is 77.5. The SMILES string of the molecule is COc1ccc(N=Nc2c(S(=O)(=O)[O-])cc3cc(N(Nc4c(C)cc(Cl)cc4C)c4ncncn4)ccc3c2O)c(S(=O)(=O)[O-])c1.[Na+].[Na+]. The first-order chi connectivity index (χ1) is 21.7. The Hall–Kier alpha value is -2.94. The number of nitrogens with zero attached hydrogens (tertiary/aromatic N) is 6. The van der Waals surface area contributed by atoms with E-state index in [4.69, 9.17) is 16.3 Å². The first-order valence-corrected chi connectivity index (χ1v) is 16.1. The molecule has 0 saturated carbocycles. The minimum atomic E-state index is -5.29. The van der Waals surface area contributed by atoms with Crippen LogP contribution in [0.4, 0.5) is 28.7 Å². The number of benzene rings is 4. The van der Waals surface area contributed by atoms with Gasteiger partial charge in [0.05, 0.1) is 28.3 Å². The van der Waals surface area contributed by atoms with Gasteiger partial charge in [0.2, 0.25) is 0 Å². The molecule has 0 radical (unpaired) electrons. The van der Waals surface area contributed by atoms with E-state index in [1.54, 1.807) is 18.2 Å². The Morgan fingerprint density at radius 2 is 1.50 bits per heavy atom. The van der Waals surface area contributed by atoms with Crippen LogP contribution in [-0.2, 0) is 20.2 Å². The number of aryl methyl sites for hydroxylation is 2. The van der Waals surface area contributed by atoms with Crippen LogP contribution < -0.4 is 74.3 Å². The van der Waals surface area contributed by atoms with Crippen molar-refractivity contribution in [2.75, 3.05) is 17.5 Å². The van der Waals surface area contributed by atoms with E-state index in [9.17, 15) is 31.0 Å². The average molecular weight is 730 g/mol. The summed E-state index contributed by atoms with van der Waals surface area (Å²) in [4.78, 5) is 10.5. The number of halogens is 1. The van der Waals surface area contributed by atoms with Crippen LogP contribution in [0.5, 0.6) is 11.5 Å². The molecule has 4 aromatic carbocycles. The summed E-state index contributed by atoms with van der Waals surface area (Å²) in [6.07, 6.45) is 2.55. The number of fused-ring (bicyclic) bond motifs is 1. The third kappa shape index (κ3) is 8.61. The van der Waals surface area contributed by atoms with Crippen molar-refractivity contribution in [3.8, 4) is 11.5 Å². The molecule has 0 amide bonds. The number of hydrogen-bond donors (Lipinski definition) is 2. The molecule has 0 saturated heterocycles. The first-order valence-electron chi connectivity index (χ1n) is 12.9. The molecular formula is C28H22ClN7Na2O8S2. The van der Waals surface area contributed by atoms with Gasteiger partial charge in [-0.1, -0.05) is 11.6 Å². The van der Waals surface area contributed by atoms with E-state index in [-0.39, 0.29) is 81.6 Å². The maximum absolute atomic E-state index is 12.4. The third-order valence-corrected chi connectivity index (χ3v) is 8.59. The Balaban J connectivity index is 0.00000312. The Kier molecular flexibility index (Phi) is 12.9. The maximum Gasteiger partial charge on any atom is 1.00 e. The van der Waals surface area contributed by atoms with Gasteiger partial charge in [-0.3, -0.25) is 5.43 Å². The molecule has 15 nitrogen and oxygen atoms in total. The van der Waals surface area contributed by atoms with Gasteiger partial charge in [0.25, 0.3) is 5.95 Å². The fraction of sp³-hybridized carbons (Fsp3) is 0.107. The second kappa shape index (κ2) is 15.7. The van der Waals surface area contributed by atoms with Gasteiger partial charge < -0.3 is 18.9 Å². The van der Waals surface area contributed by atoms with E-state index in [1.807, 2.05) is 13.8 Å². The quantitative estimate of drug-likeness (QED) is 0.0839. The monoisotopic (exact) mass is 729 g/mol. The summed E-state index contributed by atoms with van der Waals surface area (Å²) >= 11 is 6.20. The molecule has 0 spiro atoms. The minimum absolute atomic E-state index is 0. The van der Waals surface area contributed by atoms with Crippen LogP contribution >= 0.6 is 11.6 Å². The van der Waals surface area contributed by atoms with E-state index >= 15 is 0 Å². The number of nitrogens with one attached hydrogen (secondary N) is 1. The Bertz CT molecular complexity index is 2230. The normalized spacial score (nSPS) is 11.5. The van der Waals surface area contributed by atoms with Crippen LogP contribution in [0.2, 0.25) is 5.02 Å². The summed E-state index contributed by atoms with van der Waals surface area (Å²) in [5.74, 6) is -0.563. The first kappa shape index (κ1) is 39.5. The molecule has 0 bridgehead atoms. The molecule has 0 aliphatic rings. The number of azo groups is 1. The van der Waals surface area contributed by atoms with Crippen molar-refractivity contribution in [3.05, 3.63) is 83.4 Å². The number of methoxy groups -OCH3 is 1. The summed E-state index contributed by atoms with van der Waals surface area (Å²) in [6, 6.07) is 12.2. The number of rotatable bonds is 9. The second-order valence-electron chi connectivity index (χ2n) is 9.72. The van der Waals surface area contributed by atoms with Crippen molar-refractivity contribution in [2.45, 2.75) is 23.6 Å². The van der Waals surface area contributed by atoms with Crippen LogP contribution in [-0.4, -0.2) is 53.1 Å². The molecule has 238 valence electrons. The van der Waals surface area contributed by atoms with Crippen molar-refractivity contribution in [2.24, 2.45) is 10.2 Å². The fourth-order valence-corrected chi connectivity index (χ4v) is 6.15. The van der Waals surface area contributed by atoms with Gasteiger partial charge in [-0.2, -0.15) is 9.97 Å². The standard InChI is InChI=1S/C28H24ClN7O8S2.2Na/c1-15-8-18(29)9-16(2)25(15)35-36(28-31-13-30-14-32-28)19-4-6-21-17(10-19)11-24(46(41,42)43)26(27(21)37)34-33-22-7-5-20(44-3)12-23(22)45(38,39)40;;/h4-14,35,37H,1-3H3,(H,38,39,40)(H,41,42,43);;/q;2*+1/p-2. The van der Waals surface area contributed by atoms with Crippen molar-refractivity contribution in [1.82, 2.24) is 15.0 Å². The van der Waals surface area contributed by atoms with Crippen LogP contribution in [0.3, 0.4) is 0 Å². The Morgan fingerprint density at radius 1 is 0.875 bits per heavy atom. The second-order valence-corrected chi connectivity index (χ2v) is 12.9. The summed E-state index contributed by atoms with van der Waals surface area (Å²) in [7, 11) is -9.12. The molecule has 1 aromatic heterocycles. The van der Waals surface area contributed by atoms with Gasteiger partial charge in [0.1, 0.15) is 50.0 Å². The predicted molar refractivity (Wildman–Crippen MR) is 165 cm³/mol. The molecule has 1 heterocycles. The molecule has 0 aliphatic carbocycles. The largest absolute Gasteiger partial charge is 1.00 e. The van der Waals surface area contributed by atoms with Crippen LogP contribution in [0.1, 0.15) is 11.1 Å². The fourth-order valence-electron chi connectivity index (χ4n) is 4.55. The average Bonchev–Trinajstić information content (AvgIpc) is 2.99. The van der Waals surface area contributed by atoms with Gasteiger partial charge >= 0.3 is 59.1 Å². The molecule has 2 N–H and O–H groups in total. The topological polar surface area (TPSA) is 223 Å². The van der Waals surface area contributed by atoms with Crippen molar-refractivity contribution >= 4 is 71.3 Å². The number of aromatic hydroxyl groups is 1. The van der Waals surface area contributed by atoms with E-state index in [0.717, 1.165) is 29.3 Å². The van der Waals surface area contributed by atoms with Gasteiger partial charge in [-0.15, -0.1) is 10.2 Å². The summed E-state index contributed by atoms with van der Waals surface area (Å²) in [5, 5.41) is 20.7. The molecule has 5 aromatic rings. The maximum atomic E-state index is 12.4. The molecule has 48 heavy (non-hydrogen) atoms. The van der Waals surface area contributed by atoms with Crippen LogP contribution in [0.25, 0.3) is 10.8 Å². The third-order valence-electron chi connectivity index (χ3n) is 6.66. The van der Waals surface area contributed by atoms with E-state index < -0.39 is 47.2 Å². The Morgan fingerprint density at radius 3 is 2.08 bits per heavy atom. The number of aromatic nitrogens is 3. The smallest absolute Gasteiger partial charge is 0.744 e. The number of phenols is 1. The number of phenolic OH excluding ortho intramolecular Hbond substituents is 1. The molecule has 0 atom stereocenters. The van der Waals surface area contributed by atoms with Gasteiger partial charge in [-0.25, -0.2) is 26.8 Å². The zero-order chi connectivity index (χ0) is 33.4. The van der Waals surface area contributed by atoms with Gasteiger partial charge in [0.15, 0.2) is 5.75 Å². The van der Waals surface area contributed by atoms with Gasteiger partial charge in [-0.05, 0) is 85.0 Å². The zero-order valence-corrected chi connectivity index (χ0v) is 32.4. The number of ether oxygens (including phenoxy) is 1. The zero-order valence-electron chi connectivity index (χ0n) is 26.0. The molecule has 5 rings (SSSR count). The van der Waals surface area contributed by atoms with Gasteiger partial charge in [0, 0.05) is 10.4 Å². The molecule has 20 heteroatoms. The molecule has 0 aliphatic heterocycles. The predicted octanol–water partition coefficient (Wildman–Crippen LogP) is -0.594. The number of anilines is 3. The molecular weight excluding hydrogens is 708 g/mol. The number of hydrogen-bond acceptors (Lipinski definition) is 15. The van der Waals surface area contributed by atoms with Crippen molar-refractivity contribution in [3.63, 3.8) is 0 Å². The summed E-state index contributed by atoms with van der Waals surface area (Å²) in [6.45, 7) is 3.68. The minimum Gasteiger partial charge on any atom is -0.744 e. The van der Waals surface area contributed by atoms with E-state index in [0.29, 0.717) is 16.4 Å². The van der Waals surface area contributed by atoms with Crippen LogP contribution in [0.15, 0.2) is 87.3 Å². The Labute approximate surface area is 324 Å². The van der Waals surface area contributed by atoms with Crippen molar-refractivity contribution < 1.29 is 94.9 Å². The number of hydrazine groups is 1. The van der Waals surface area contributed by atoms with E-state index in [2.05, 4.69) is 30.6 Å². The van der Waals surface area contributed by atoms with Crippen LogP contribution in [0, 0.1) is 13.8 Å². The molecule has 0 unspecified atom stereocenters. The van der Waals surface area contributed by atoms with Crippen molar-refractivity contribution in [1.29, 1.82) is 0 Å². The summed E-state index contributed by atoms with van der Waals surface area (Å²) in [5.41, 5.74) is 4.61.